The van der Waals surface area contributed by atoms with Gasteiger partial charge >= 0.3 is 0 Å². The minimum Gasteiger partial charge on any atom is -0.507 e. The average molecular weight is 423 g/mol. The van der Waals surface area contributed by atoms with Gasteiger partial charge in [0.1, 0.15) is 11.5 Å². The zero-order chi connectivity index (χ0) is 22.6. The summed E-state index contributed by atoms with van der Waals surface area (Å²) >= 11 is 0. The summed E-state index contributed by atoms with van der Waals surface area (Å²) in [5.41, 5.74) is -2.28. The number of Topliss-reactive ketones (excluding diaryl/α,β-unsaturated/α-hetero) is 1. The fourth-order valence-electron chi connectivity index (χ4n) is 4.26. The van der Waals surface area contributed by atoms with Gasteiger partial charge in [-0.25, -0.2) is 0 Å². The predicted molar refractivity (Wildman–Crippen MR) is 113 cm³/mol. The molecular formula is C24H25NO6. The molecule has 7 nitrogen and oxygen atoms in total. The molecule has 2 aromatic rings. The maximum atomic E-state index is 13.1. The summed E-state index contributed by atoms with van der Waals surface area (Å²) < 4.78 is 0. The van der Waals surface area contributed by atoms with E-state index in [4.69, 9.17) is 0 Å². The van der Waals surface area contributed by atoms with Crippen molar-refractivity contribution in [1.29, 1.82) is 0 Å². The van der Waals surface area contributed by atoms with Gasteiger partial charge in [0.2, 0.25) is 5.78 Å². The maximum Gasteiger partial charge on any atom is 0.213 e. The lowest BCUT2D eigenvalue weighted by atomic mass is 9.69. The van der Waals surface area contributed by atoms with Crippen molar-refractivity contribution in [2.75, 3.05) is 6.54 Å². The number of phenols is 2. The van der Waals surface area contributed by atoms with Gasteiger partial charge in [0, 0.05) is 36.6 Å². The quantitative estimate of drug-likeness (QED) is 0.475. The highest BCUT2D eigenvalue weighted by Gasteiger charge is 2.49. The summed E-state index contributed by atoms with van der Waals surface area (Å²) in [6.07, 6.45) is 1.41. The van der Waals surface area contributed by atoms with Gasteiger partial charge in [0.05, 0.1) is 28.0 Å². The summed E-state index contributed by atoms with van der Waals surface area (Å²) in [5.74, 6) is -2.08. The second kappa shape index (κ2) is 7.21. The van der Waals surface area contributed by atoms with Crippen LogP contribution in [0.15, 0.2) is 42.1 Å². The number of aromatic hydroxyl groups is 2. The molecular weight excluding hydrogens is 398 g/mol. The Kier molecular flexibility index (Phi) is 4.91. The van der Waals surface area contributed by atoms with E-state index in [9.17, 15) is 30.0 Å². The number of carbonyl (C=O) groups excluding carboxylic acids is 2. The van der Waals surface area contributed by atoms with Crippen molar-refractivity contribution in [2.24, 2.45) is 0 Å². The van der Waals surface area contributed by atoms with Crippen LogP contribution in [0.4, 0.5) is 0 Å². The van der Waals surface area contributed by atoms with E-state index in [0.29, 0.717) is 13.0 Å². The number of hydrogen-bond acceptors (Lipinski definition) is 7. The van der Waals surface area contributed by atoms with Crippen LogP contribution in [0.5, 0.6) is 11.5 Å². The Bertz CT molecular complexity index is 1110. The summed E-state index contributed by atoms with van der Waals surface area (Å²) in [4.78, 5) is 25.9. The molecule has 0 bridgehead atoms. The lowest BCUT2D eigenvalue weighted by molar-refractivity contribution is -0.135. The van der Waals surface area contributed by atoms with Gasteiger partial charge in [0.25, 0.3) is 0 Å². The van der Waals surface area contributed by atoms with Crippen LogP contribution >= 0.6 is 0 Å². The topological polar surface area (TPSA) is 127 Å². The van der Waals surface area contributed by atoms with Gasteiger partial charge in [-0.1, -0.05) is 30.3 Å². The molecule has 0 aliphatic heterocycles. The molecule has 31 heavy (non-hydrogen) atoms. The van der Waals surface area contributed by atoms with Crippen LogP contribution in [0.25, 0.3) is 0 Å². The molecule has 5 N–H and O–H groups in total. The molecule has 0 radical (unpaired) electrons. The van der Waals surface area contributed by atoms with Crippen LogP contribution in [0, 0.1) is 0 Å². The van der Waals surface area contributed by atoms with E-state index in [1.165, 1.54) is 13.8 Å². The standard InChI is InChI=1S/C24H25NO6/c1-23(30)11-14-15(12-24(23,2)31)21(28)19-18(20(14)27)17(26)10-16(22(19)29)25-9-8-13-6-4-3-5-7-13/h3-7,10,25,27-28,30-31H,8-9,11-12H2,1-2H3/t23-,24+/m1/s1. The minimum absolute atomic E-state index is 0.0395. The molecule has 0 saturated carbocycles. The number of benzene rings is 2. The first-order chi connectivity index (χ1) is 14.5. The van der Waals surface area contributed by atoms with E-state index in [1.54, 1.807) is 0 Å². The molecule has 0 saturated heterocycles. The Labute approximate surface area is 179 Å². The molecule has 162 valence electrons. The Hall–Kier alpha value is -3.16. The second-order valence-corrected chi connectivity index (χ2v) is 8.72. The van der Waals surface area contributed by atoms with E-state index in [-0.39, 0.29) is 40.8 Å². The molecule has 2 atom stereocenters. The first kappa shape index (κ1) is 21.1. The third kappa shape index (κ3) is 3.40. The summed E-state index contributed by atoms with van der Waals surface area (Å²) in [6, 6.07) is 9.64. The third-order valence-corrected chi connectivity index (χ3v) is 6.43. The van der Waals surface area contributed by atoms with E-state index >= 15 is 0 Å². The van der Waals surface area contributed by atoms with Crippen molar-refractivity contribution in [3.8, 4) is 11.5 Å². The van der Waals surface area contributed by atoms with Crippen LogP contribution in [0.2, 0.25) is 0 Å². The van der Waals surface area contributed by atoms with Crippen LogP contribution in [0.1, 0.15) is 51.3 Å². The normalized spacial score (nSPS) is 25.0. The van der Waals surface area contributed by atoms with Crippen LogP contribution < -0.4 is 5.32 Å². The maximum absolute atomic E-state index is 13.1. The number of carbonyl (C=O) groups is 2. The number of fused-ring (bicyclic) bond motifs is 2. The van der Waals surface area contributed by atoms with Crippen molar-refractivity contribution in [1.82, 2.24) is 5.32 Å². The molecule has 0 spiro atoms. The van der Waals surface area contributed by atoms with Gasteiger partial charge in [-0.2, -0.15) is 0 Å². The Morgan fingerprint density at radius 2 is 1.45 bits per heavy atom. The Morgan fingerprint density at radius 3 is 2.03 bits per heavy atom. The van der Waals surface area contributed by atoms with Crippen molar-refractivity contribution in [3.05, 3.63) is 69.9 Å². The number of hydrogen-bond donors (Lipinski definition) is 5. The highest BCUT2D eigenvalue weighted by molar-refractivity contribution is 6.26. The van der Waals surface area contributed by atoms with Crippen LogP contribution in [0.3, 0.4) is 0 Å². The number of phenolic OH excluding ortho intramolecular Hbond substituents is 2. The number of rotatable bonds is 4. The fourth-order valence-corrected chi connectivity index (χ4v) is 4.26. The van der Waals surface area contributed by atoms with Crippen molar-refractivity contribution >= 4 is 11.6 Å². The molecule has 4 rings (SSSR count). The molecule has 7 heteroatoms. The number of nitrogens with one attached hydrogen (secondary N) is 1. The van der Waals surface area contributed by atoms with E-state index in [1.807, 2.05) is 30.3 Å². The summed E-state index contributed by atoms with van der Waals surface area (Å²) in [7, 11) is 0. The smallest absolute Gasteiger partial charge is 0.213 e. The molecule has 0 amide bonds. The van der Waals surface area contributed by atoms with Crippen LogP contribution in [-0.2, 0) is 19.3 Å². The monoisotopic (exact) mass is 423 g/mol. The highest BCUT2D eigenvalue weighted by Crippen LogP contribution is 2.48. The van der Waals surface area contributed by atoms with Crippen molar-refractivity contribution in [3.63, 3.8) is 0 Å². The minimum atomic E-state index is -1.59. The molecule has 0 heterocycles. The molecule has 0 unspecified atom stereocenters. The second-order valence-electron chi connectivity index (χ2n) is 8.72. The van der Waals surface area contributed by atoms with Gasteiger partial charge < -0.3 is 25.7 Å². The molecule has 2 aliphatic rings. The zero-order valence-electron chi connectivity index (χ0n) is 17.4. The highest BCUT2D eigenvalue weighted by atomic mass is 16.4. The first-order valence-electron chi connectivity index (χ1n) is 10.2. The zero-order valence-corrected chi connectivity index (χ0v) is 17.4. The fraction of sp³-hybridized carbons (Fsp3) is 0.333. The van der Waals surface area contributed by atoms with Gasteiger partial charge in [-0.3, -0.25) is 9.59 Å². The lowest BCUT2D eigenvalue weighted by Gasteiger charge is -2.44. The third-order valence-electron chi connectivity index (χ3n) is 6.43. The number of ketones is 2. The Balaban J connectivity index is 1.68. The van der Waals surface area contributed by atoms with Gasteiger partial charge in [-0.05, 0) is 25.8 Å². The molecule has 2 aromatic carbocycles. The first-order valence-corrected chi connectivity index (χ1v) is 10.2. The average Bonchev–Trinajstić information content (AvgIpc) is 2.70. The lowest BCUT2D eigenvalue weighted by Crippen LogP contribution is -2.55. The summed E-state index contributed by atoms with van der Waals surface area (Å²) in [5, 5.41) is 45.9. The Morgan fingerprint density at radius 1 is 0.903 bits per heavy atom. The van der Waals surface area contributed by atoms with E-state index < -0.39 is 34.3 Å². The predicted octanol–water partition coefficient (Wildman–Crippen LogP) is 1.79. The largest absolute Gasteiger partial charge is 0.507 e. The van der Waals surface area contributed by atoms with Crippen molar-refractivity contribution in [2.45, 2.75) is 44.3 Å². The SMILES string of the molecule is C[C@]1(O)Cc2c(O)c3c(c(O)c2C[C@@]1(C)O)C(=O)C=C(NCCc1ccccc1)C3=O. The van der Waals surface area contributed by atoms with Crippen LogP contribution in [-0.4, -0.2) is 49.7 Å². The van der Waals surface area contributed by atoms with E-state index in [2.05, 4.69) is 5.32 Å². The summed E-state index contributed by atoms with van der Waals surface area (Å²) in [6.45, 7) is 3.25. The molecule has 2 aliphatic carbocycles. The van der Waals surface area contributed by atoms with E-state index in [0.717, 1.165) is 11.6 Å². The van der Waals surface area contributed by atoms with Gasteiger partial charge in [0.15, 0.2) is 5.78 Å². The van der Waals surface area contributed by atoms with Gasteiger partial charge in [-0.15, -0.1) is 0 Å². The number of allylic oxidation sites excluding steroid dienone is 2. The van der Waals surface area contributed by atoms with Crippen molar-refractivity contribution < 1.29 is 30.0 Å². The number of aliphatic hydroxyl groups is 2. The molecule has 0 fully saturated rings. The molecule has 0 aromatic heterocycles.